The van der Waals surface area contributed by atoms with Crippen molar-refractivity contribution in [2.45, 2.75) is 19.3 Å². The minimum Gasteiger partial charge on any atom is -0.309 e. The van der Waals surface area contributed by atoms with E-state index in [1.54, 1.807) is 0 Å². The molecule has 1 aliphatic rings. The van der Waals surface area contributed by atoms with E-state index in [0.29, 0.717) is 0 Å². The molecule has 8 aromatic rings. The van der Waals surface area contributed by atoms with E-state index in [-0.39, 0.29) is 5.41 Å². The maximum absolute atomic E-state index is 2.50. The van der Waals surface area contributed by atoms with Crippen molar-refractivity contribution in [1.82, 2.24) is 0 Å². The smallest absolute Gasteiger partial charge is 0.0543 e. The van der Waals surface area contributed by atoms with Gasteiger partial charge in [0.25, 0.3) is 0 Å². The molecule has 0 radical (unpaired) electrons. The van der Waals surface area contributed by atoms with Crippen LogP contribution in [0.1, 0.15) is 25.0 Å². The first-order valence-corrected chi connectivity index (χ1v) is 16.8. The Morgan fingerprint density at radius 2 is 0.979 bits per heavy atom. The predicted octanol–water partition coefficient (Wildman–Crippen LogP) is 13.1. The lowest BCUT2D eigenvalue weighted by Gasteiger charge is -2.31. The normalized spacial score (nSPS) is 13.0. The van der Waals surface area contributed by atoms with Crippen LogP contribution in [0, 0.1) is 0 Å². The van der Waals surface area contributed by atoms with Gasteiger partial charge in [-0.2, -0.15) is 0 Å². The summed E-state index contributed by atoms with van der Waals surface area (Å²) in [5.41, 5.74) is 13.6. The maximum Gasteiger partial charge on any atom is 0.0543 e. The fraction of sp³-hybridized carbons (Fsp3) is 0.0638. The van der Waals surface area contributed by atoms with Crippen molar-refractivity contribution in [2.75, 3.05) is 4.90 Å². The number of fused-ring (bicyclic) bond motifs is 5. The van der Waals surface area contributed by atoms with Crippen molar-refractivity contribution in [3.63, 3.8) is 0 Å². The molecular formula is C47H35N. The summed E-state index contributed by atoms with van der Waals surface area (Å²) >= 11 is 0. The number of para-hydroxylation sites is 1. The average Bonchev–Trinajstić information content (AvgIpc) is 3.38. The molecule has 0 spiro atoms. The van der Waals surface area contributed by atoms with Gasteiger partial charge in [-0.1, -0.05) is 166 Å². The van der Waals surface area contributed by atoms with Gasteiger partial charge in [0.15, 0.2) is 0 Å². The quantitative estimate of drug-likeness (QED) is 0.187. The average molecular weight is 614 g/mol. The Labute approximate surface area is 282 Å². The fourth-order valence-electron chi connectivity index (χ4n) is 7.97. The van der Waals surface area contributed by atoms with Crippen LogP contribution < -0.4 is 4.90 Å². The van der Waals surface area contributed by atoms with Crippen molar-refractivity contribution < 1.29 is 0 Å². The third-order valence-electron chi connectivity index (χ3n) is 10.2. The molecule has 1 aliphatic carbocycles. The molecule has 0 bridgehead atoms. The van der Waals surface area contributed by atoms with Gasteiger partial charge >= 0.3 is 0 Å². The van der Waals surface area contributed by atoms with Crippen molar-refractivity contribution in [3.05, 3.63) is 187 Å². The highest BCUT2D eigenvalue weighted by Gasteiger charge is 2.38. The second kappa shape index (κ2) is 11.1. The van der Waals surface area contributed by atoms with Gasteiger partial charge in [-0.3, -0.25) is 0 Å². The maximum atomic E-state index is 2.50. The molecular weight excluding hydrogens is 579 g/mol. The van der Waals surface area contributed by atoms with Gasteiger partial charge in [-0.15, -0.1) is 0 Å². The van der Waals surface area contributed by atoms with E-state index in [1.807, 2.05) is 0 Å². The van der Waals surface area contributed by atoms with Crippen molar-refractivity contribution in [1.29, 1.82) is 0 Å². The molecule has 1 nitrogen and oxygen atoms in total. The molecule has 0 amide bonds. The molecule has 1 heteroatoms. The number of hydrogen-bond donors (Lipinski definition) is 0. The summed E-state index contributed by atoms with van der Waals surface area (Å²) in [5, 5.41) is 4.96. The van der Waals surface area contributed by atoms with Gasteiger partial charge in [-0.25, -0.2) is 0 Å². The minimum absolute atomic E-state index is 0.100. The van der Waals surface area contributed by atoms with Crippen molar-refractivity contribution >= 4 is 38.6 Å². The summed E-state index contributed by atoms with van der Waals surface area (Å²) in [6.45, 7) is 4.72. The lowest BCUT2D eigenvalue weighted by Crippen LogP contribution is -2.16. The summed E-state index contributed by atoms with van der Waals surface area (Å²) in [6, 6.07) is 64.4. The van der Waals surface area contributed by atoms with E-state index in [1.165, 1.54) is 71.7 Å². The molecule has 0 fully saturated rings. The molecule has 0 unspecified atom stereocenters. The first kappa shape index (κ1) is 28.3. The van der Waals surface area contributed by atoms with Crippen LogP contribution in [0.25, 0.3) is 54.9 Å². The molecule has 0 atom stereocenters. The molecule has 0 aliphatic heterocycles. The Morgan fingerprint density at radius 1 is 0.396 bits per heavy atom. The first-order chi connectivity index (χ1) is 23.6. The third kappa shape index (κ3) is 4.39. The van der Waals surface area contributed by atoms with Gasteiger partial charge in [0.1, 0.15) is 0 Å². The van der Waals surface area contributed by atoms with E-state index < -0.39 is 0 Å². The molecule has 0 aromatic heterocycles. The van der Waals surface area contributed by atoms with Gasteiger partial charge in [0.2, 0.25) is 0 Å². The molecule has 9 rings (SSSR count). The SMILES string of the molecule is CC1(C)c2ccccc2-c2c(N(c3ccc4ccccc4c3)c3ccccc3-c3cccc4cccc(-c5ccccc5)c34)cccc21. The van der Waals surface area contributed by atoms with Gasteiger partial charge < -0.3 is 4.90 Å². The summed E-state index contributed by atoms with van der Waals surface area (Å²) in [5.74, 6) is 0. The number of rotatable bonds is 5. The van der Waals surface area contributed by atoms with Crippen LogP contribution in [0.4, 0.5) is 17.1 Å². The van der Waals surface area contributed by atoms with Gasteiger partial charge in [0, 0.05) is 22.2 Å². The lowest BCUT2D eigenvalue weighted by atomic mass is 9.82. The zero-order valence-corrected chi connectivity index (χ0v) is 27.2. The second-order valence-electron chi connectivity index (χ2n) is 13.3. The Bertz CT molecular complexity index is 2480. The highest BCUT2D eigenvalue weighted by molar-refractivity contribution is 6.09. The Hall–Kier alpha value is -5.92. The zero-order valence-electron chi connectivity index (χ0n) is 27.2. The highest BCUT2D eigenvalue weighted by atomic mass is 15.1. The molecule has 0 N–H and O–H groups in total. The fourth-order valence-corrected chi connectivity index (χ4v) is 7.97. The predicted molar refractivity (Wildman–Crippen MR) is 205 cm³/mol. The number of anilines is 3. The van der Waals surface area contributed by atoms with Crippen LogP contribution >= 0.6 is 0 Å². The van der Waals surface area contributed by atoms with Crippen LogP contribution in [-0.4, -0.2) is 0 Å². The van der Waals surface area contributed by atoms with Crippen LogP contribution in [0.15, 0.2) is 176 Å². The molecule has 0 saturated carbocycles. The second-order valence-corrected chi connectivity index (χ2v) is 13.3. The lowest BCUT2D eigenvalue weighted by molar-refractivity contribution is 0.660. The third-order valence-corrected chi connectivity index (χ3v) is 10.2. The number of hydrogen-bond acceptors (Lipinski definition) is 1. The monoisotopic (exact) mass is 613 g/mol. The van der Waals surface area contributed by atoms with Crippen molar-refractivity contribution in [2.24, 2.45) is 0 Å². The van der Waals surface area contributed by atoms with E-state index in [2.05, 4.69) is 195 Å². The van der Waals surface area contributed by atoms with Crippen LogP contribution in [0.3, 0.4) is 0 Å². The van der Waals surface area contributed by atoms with Crippen molar-refractivity contribution in [3.8, 4) is 33.4 Å². The van der Waals surface area contributed by atoms with E-state index in [0.717, 1.165) is 11.4 Å². The van der Waals surface area contributed by atoms with Crippen LogP contribution in [-0.2, 0) is 5.41 Å². The standard InChI is InChI=1S/C47H35N/c1-47(2)41-25-10-8-22-40(41)46-42(47)26-14-28-44(46)48(36-30-29-32-15-6-7-18-35(32)31-36)43-27-11-9-21-38(43)39-24-13-20-34-19-12-23-37(45(34)39)33-16-4-3-5-17-33/h3-31H,1-2H3. The molecule has 8 aromatic carbocycles. The molecule has 48 heavy (non-hydrogen) atoms. The zero-order chi connectivity index (χ0) is 32.2. The summed E-state index contributed by atoms with van der Waals surface area (Å²) in [4.78, 5) is 2.50. The summed E-state index contributed by atoms with van der Waals surface area (Å²) in [6.07, 6.45) is 0. The molecule has 0 heterocycles. The van der Waals surface area contributed by atoms with E-state index in [9.17, 15) is 0 Å². The Morgan fingerprint density at radius 3 is 1.81 bits per heavy atom. The topological polar surface area (TPSA) is 3.24 Å². The number of benzene rings is 8. The van der Waals surface area contributed by atoms with Gasteiger partial charge in [-0.05, 0) is 79.2 Å². The van der Waals surface area contributed by atoms with Gasteiger partial charge in [0.05, 0.1) is 11.4 Å². The Kier molecular flexibility index (Phi) is 6.55. The first-order valence-electron chi connectivity index (χ1n) is 16.8. The molecule has 228 valence electrons. The van der Waals surface area contributed by atoms with Crippen LogP contribution in [0.5, 0.6) is 0 Å². The van der Waals surface area contributed by atoms with Crippen LogP contribution in [0.2, 0.25) is 0 Å². The van der Waals surface area contributed by atoms with E-state index in [4.69, 9.17) is 0 Å². The summed E-state index contributed by atoms with van der Waals surface area (Å²) in [7, 11) is 0. The Balaban J connectivity index is 1.36. The minimum atomic E-state index is -0.100. The highest BCUT2D eigenvalue weighted by Crippen LogP contribution is 2.55. The number of nitrogens with zero attached hydrogens (tertiary/aromatic N) is 1. The molecule has 0 saturated heterocycles. The largest absolute Gasteiger partial charge is 0.309 e. The van der Waals surface area contributed by atoms with E-state index >= 15 is 0 Å². The summed E-state index contributed by atoms with van der Waals surface area (Å²) < 4.78 is 0.